The van der Waals surface area contributed by atoms with E-state index in [1.165, 1.54) is 0 Å². The maximum atomic E-state index is 12.5. The summed E-state index contributed by atoms with van der Waals surface area (Å²) in [6, 6.07) is 8.09. The van der Waals surface area contributed by atoms with Gasteiger partial charge in [0, 0.05) is 37.3 Å². The summed E-state index contributed by atoms with van der Waals surface area (Å²) in [4.78, 5) is 14.6. The number of carbonyl (C=O) groups excluding carboxylic acids is 1. The Balaban J connectivity index is 1.56. The molecule has 0 radical (unpaired) electrons. The van der Waals surface area contributed by atoms with Gasteiger partial charge in [-0.3, -0.25) is 9.69 Å². The summed E-state index contributed by atoms with van der Waals surface area (Å²) in [5.41, 5.74) is 7.61. The smallest absolute Gasteiger partial charge is 0.251 e. The van der Waals surface area contributed by atoms with E-state index < -0.39 is 9.84 Å². The van der Waals surface area contributed by atoms with Gasteiger partial charge < -0.3 is 11.1 Å². The summed E-state index contributed by atoms with van der Waals surface area (Å²) < 4.78 is 23.0. The Hall–Kier alpha value is -1.44. The first-order chi connectivity index (χ1) is 11.9. The highest BCUT2D eigenvalue weighted by Crippen LogP contribution is 2.18. The first-order valence-corrected chi connectivity index (χ1v) is 10.8. The SMILES string of the molecule is NC1CCC(NC(=O)c2cccc(CN3CCS(=O)(=O)CC3)c2)CC1. The zero-order valence-electron chi connectivity index (χ0n) is 14.5. The lowest BCUT2D eigenvalue weighted by atomic mass is 9.91. The van der Waals surface area contributed by atoms with E-state index in [9.17, 15) is 13.2 Å². The number of sulfone groups is 1. The minimum Gasteiger partial charge on any atom is -0.349 e. The van der Waals surface area contributed by atoms with Crippen LogP contribution in [0.4, 0.5) is 0 Å². The van der Waals surface area contributed by atoms with Crippen LogP contribution in [0.15, 0.2) is 24.3 Å². The molecule has 3 N–H and O–H groups in total. The average Bonchev–Trinajstić information content (AvgIpc) is 2.59. The van der Waals surface area contributed by atoms with Crippen LogP contribution in [0.25, 0.3) is 0 Å². The van der Waals surface area contributed by atoms with Crippen molar-refractivity contribution < 1.29 is 13.2 Å². The minimum atomic E-state index is -2.86. The van der Waals surface area contributed by atoms with Crippen LogP contribution in [0.2, 0.25) is 0 Å². The van der Waals surface area contributed by atoms with Crippen molar-refractivity contribution in [3.63, 3.8) is 0 Å². The van der Waals surface area contributed by atoms with Gasteiger partial charge >= 0.3 is 0 Å². The van der Waals surface area contributed by atoms with Gasteiger partial charge in [-0.25, -0.2) is 8.42 Å². The van der Waals surface area contributed by atoms with E-state index in [1.807, 2.05) is 24.3 Å². The highest BCUT2D eigenvalue weighted by atomic mass is 32.2. The predicted molar refractivity (Wildman–Crippen MR) is 98.1 cm³/mol. The molecule has 138 valence electrons. The molecule has 1 saturated heterocycles. The van der Waals surface area contributed by atoms with E-state index in [-0.39, 0.29) is 29.5 Å². The molecular weight excluding hydrogens is 338 g/mol. The Morgan fingerprint density at radius 1 is 1.16 bits per heavy atom. The minimum absolute atomic E-state index is 0.0384. The van der Waals surface area contributed by atoms with Crippen LogP contribution in [0.5, 0.6) is 0 Å². The molecule has 25 heavy (non-hydrogen) atoms. The van der Waals surface area contributed by atoms with Gasteiger partial charge in [0.15, 0.2) is 9.84 Å². The first kappa shape index (κ1) is 18.4. The third-order valence-electron chi connectivity index (χ3n) is 5.14. The molecule has 0 atom stereocenters. The third kappa shape index (κ3) is 5.26. The molecule has 6 nitrogen and oxygen atoms in total. The Kier molecular flexibility index (Phi) is 5.76. The molecule has 1 heterocycles. The Morgan fingerprint density at radius 2 is 1.84 bits per heavy atom. The number of nitrogens with two attached hydrogens (primary N) is 1. The predicted octanol–water partition coefficient (Wildman–Crippen LogP) is 0.917. The topological polar surface area (TPSA) is 92.5 Å². The number of benzene rings is 1. The Labute approximate surface area is 149 Å². The van der Waals surface area contributed by atoms with Gasteiger partial charge in [0.2, 0.25) is 0 Å². The van der Waals surface area contributed by atoms with Crippen LogP contribution in [0, 0.1) is 0 Å². The van der Waals surface area contributed by atoms with Crippen molar-refractivity contribution in [3.05, 3.63) is 35.4 Å². The quantitative estimate of drug-likeness (QED) is 0.828. The van der Waals surface area contributed by atoms with Gasteiger partial charge in [-0.1, -0.05) is 12.1 Å². The standard InChI is InChI=1S/C18H27N3O3S/c19-16-4-6-17(7-5-16)20-18(22)15-3-1-2-14(12-15)13-21-8-10-25(23,24)11-9-21/h1-3,12,16-17H,4-11,13,19H2,(H,20,22). The summed E-state index contributed by atoms with van der Waals surface area (Å²) in [5, 5.41) is 3.11. The number of amides is 1. The zero-order valence-corrected chi connectivity index (χ0v) is 15.3. The van der Waals surface area contributed by atoms with E-state index in [4.69, 9.17) is 5.73 Å². The van der Waals surface area contributed by atoms with Crippen LogP contribution in [-0.4, -0.2) is 55.9 Å². The summed E-state index contributed by atoms with van der Waals surface area (Å²) in [5.74, 6) is 0.400. The second-order valence-electron chi connectivity index (χ2n) is 7.21. The van der Waals surface area contributed by atoms with Crippen molar-refractivity contribution in [2.24, 2.45) is 5.73 Å². The van der Waals surface area contributed by atoms with Crippen molar-refractivity contribution in [2.45, 2.75) is 44.3 Å². The monoisotopic (exact) mass is 365 g/mol. The molecule has 2 fully saturated rings. The number of rotatable bonds is 4. The summed E-state index contributed by atoms with van der Waals surface area (Å²) >= 11 is 0. The number of nitrogens with one attached hydrogen (secondary N) is 1. The van der Waals surface area contributed by atoms with E-state index in [2.05, 4.69) is 10.2 Å². The molecule has 1 aromatic carbocycles. The van der Waals surface area contributed by atoms with Gasteiger partial charge in [-0.2, -0.15) is 0 Å². The van der Waals surface area contributed by atoms with Crippen LogP contribution < -0.4 is 11.1 Å². The Bertz CT molecular complexity index is 698. The van der Waals surface area contributed by atoms with Crippen LogP contribution in [0.1, 0.15) is 41.6 Å². The molecule has 0 bridgehead atoms. The van der Waals surface area contributed by atoms with Crippen molar-refractivity contribution in [1.29, 1.82) is 0 Å². The van der Waals surface area contributed by atoms with Crippen molar-refractivity contribution in [2.75, 3.05) is 24.6 Å². The van der Waals surface area contributed by atoms with Gasteiger partial charge in [0.1, 0.15) is 0 Å². The molecule has 3 rings (SSSR count). The molecule has 1 saturated carbocycles. The lowest BCUT2D eigenvalue weighted by Crippen LogP contribution is -2.40. The second-order valence-corrected chi connectivity index (χ2v) is 9.52. The number of hydrogen-bond acceptors (Lipinski definition) is 5. The van der Waals surface area contributed by atoms with E-state index in [0.29, 0.717) is 25.2 Å². The first-order valence-electron chi connectivity index (χ1n) is 8.99. The molecule has 1 aliphatic carbocycles. The van der Waals surface area contributed by atoms with Crippen LogP contribution >= 0.6 is 0 Å². The number of nitrogens with zero attached hydrogens (tertiary/aromatic N) is 1. The van der Waals surface area contributed by atoms with Gasteiger partial charge in [0.05, 0.1) is 11.5 Å². The van der Waals surface area contributed by atoms with Crippen molar-refractivity contribution in [1.82, 2.24) is 10.2 Å². The van der Waals surface area contributed by atoms with Crippen molar-refractivity contribution in [3.8, 4) is 0 Å². The molecule has 7 heteroatoms. The summed E-state index contributed by atoms with van der Waals surface area (Å²) in [7, 11) is -2.86. The van der Waals surface area contributed by atoms with Crippen molar-refractivity contribution >= 4 is 15.7 Å². The van der Waals surface area contributed by atoms with Gasteiger partial charge in [-0.05, 0) is 43.4 Å². The molecular formula is C18H27N3O3S. The fourth-order valence-electron chi connectivity index (χ4n) is 3.51. The number of carbonyl (C=O) groups is 1. The normalized spacial score (nSPS) is 26.9. The fraction of sp³-hybridized carbons (Fsp3) is 0.611. The molecule has 0 unspecified atom stereocenters. The zero-order chi connectivity index (χ0) is 17.9. The fourth-order valence-corrected chi connectivity index (χ4v) is 4.79. The summed E-state index contributed by atoms with van der Waals surface area (Å²) in [6.07, 6.45) is 3.80. The molecule has 0 spiro atoms. The Morgan fingerprint density at radius 3 is 2.52 bits per heavy atom. The largest absolute Gasteiger partial charge is 0.349 e. The molecule has 2 aliphatic rings. The van der Waals surface area contributed by atoms with Gasteiger partial charge in [0.25, 0.3) is 5.91 Å². The lowest BCUT2D eigenvalue weighted by molar-refractivity contribution is 0.0925. The third-order valence-corrected chi connectivity index (χ3v) is 6.75. The number of hydrogen-bond donors (Lipinski definition) is 2. The lowest BCUT2D eigenvalue weighted by Gasteiger charge is -2.27. The molecule has 1 aromatic rings. The van der Waals surface area contributed by atoms with Crippen LogP contribution in [-0.2, 0) is 16.4 Å². The summed E-state index contributed by atoms with van der Waals surface area (Å²) in [6.45, 7) is 1.79. The maximum absolute atomic E-state index is 12.5. The molecule has 1 aliphatic heterocycles. The van der Waals surface area contributed by atoms with Gasteiger partial charge in [-0.15, -0.1) is 0 Å². The maximum Gasteiger partial charge on any atom is 0.251 e. The molecule has 1 amide bonds. The highest BCUT2D eigenvalue weighted by molar-refractivity contribution is 7.91. The molecule has 0 aromatic heterocycles. The van der Waals surface area contributed by atoms with Crippen LogP contribution in [0.3, 0.4) is 0 Å². The second kappa shape index (κ2) is 7.85. The van der Waals surface area contributed by atoms with E-state index in [0.717, 1.165) is 31.2 Å². The van der Waals surface area contributed by atoms with E-state index >= 15 is 0 Å². The van der Waals surface area contributed by atoms with E-state index in [1.54, 1.807) is 0 Å². The highest BCUT2D eigenvalue weighted by Gasteiger charge is 2.22. The average molecular weight is 365 g/mol.